The number of carbonyl (C=O) groups is 4. The van der Waals surface area contributed by atoms with E-state index in [0.29, 0.717) is 57.8 Å². The summed E-state index contributed by atoms with van der Waals surface area (Å²) in [6.45, 7) is 15.5. The summed E-state index contributed by atoms with van der Waals surface area (Å²) in [5, 5.41) is 23.6. The molecule has 67 heavy (non-hydrogen) atoms. The third-order valence-electron chi connectivity index (χ3n) is 14.8. The highest BCUT2D eigenvalue weighted by Gasteiger charge is 2.64. The molecule has 5 fully saturated rings. The van der Waals surface area contributed by atoms with Crippen molar-refractivity contribution in [2.45, 2.75) is 84.4 Å². The van der Waals surface area contributed by atoms with Crippen LogP contribution in [0.4, 0.5) is 11.6 Å². The molecule has 4 saturated heterocycles. The summed E-state index contributed by atoms with van der Waals surface area (Å²) in [7, 11) is 0. The maximum atomic E-state index is 13.7. The maximum absolute atomic E-state index is 13.7. The van der Waals surface area contributed by atoms with Gasteiger partial charge in [0, 0.05) is 112 Å². The summed E-state index contributed by atoms with van der Waals surface area (Å²) in [4.78, 5) is 82.8. The van der Waals surface area contributed by atoms with E-state index >= 15 is 0 Å². The maximum Gasteiger partial charge on any atom is 0.278 e. The molecule has 1 saturated carbocycles. The number of hydrogen-bond acceptors (Lipinski definition) is 14. The number of imide groups is 1. The quantitative estimate of drug-likeness (QED) is 0.216. The lowest BCUT2D eigenvalue weighted by Gasteiger charge is -2.63. The highest BCUT2D eigenvalue weighted by Crippen LogP contribution is 2.55. The number of piperazine rings is 1. The average molecular weight is 934 g/mol. The van der Waals surface area contributed by atoms with Gasteiger partial charge in [-0.2, -0.15) is 9.94 Å². The molecule has 352 valence electrons. The van der Waals surface area contributed by atoms with Gasteiger partial charge in [0.25, 0.3) is 17.4 Å². The van der Waals surface area contributed by atoms with Gasteiger partial charge in [0.2, 0.25) is 17.8 Å². The summed E-state index contributed by atoms with van der Waals surface area (Å²) in [5.74, 6) is 0.747. The smallest absolute Gasteiger partial charge is 0.278 e. The molecule has 0 radical (unpaired) electrons. The first kappa shape index (κ1) is 45.9. The molecule has 2 N–H and O–H groups in total. The summed E-state index contributed by atoms with van der Waals surface area (Å²) in [6, 6.07) is 11.5. The van der Waals surface area contributed by atoms with Crippen molar-refractivity contribution in [3.63, 3.8) is 0 Å². The molecule has 1 atom stereocenters. The van der Waals surface area contributed by atoms with Gasteiger partial charge < -0.3 is 24.8 Å². The van der Waals surface area contributed by atoms with Crippen molar-refractivity contribution >= 4 is 57.8 Å². The Morgan fingerprint density at radius 1 is 0.881 bits per heavy atom. The SMILES string of the molecule is CC1(C)[C@H](NC(=O)c2cnc(N3CCN(CC4CCN(C(=O)C5CCN(c6ccc7nnn(C8CCC(=O)NC8=O)c(=O)c7c6)CC5)CC4)CC3)nc2)C(C)(C)[C@H]1Oc1ccc(C#N)c(Cl)c1. The highest BCUT2D eigenvalue weighted by molar-refractivity contribution is 6.31. The molecule has 4 amide bonds. The number of fused-ring (bicyclic) bond motifs is 1. The van der Waals surface area contributed by atoms with E-state index < -0.39 is 28.3 Å². The molecule has 2 aromatic carbocycles. The van der Waals surface area contributed by atoms with Gasteiger partial charge in [-0.25, -0.2) is 9.97 Å². The van der Waals surface area contributed by atoms with Crippen molar-refractivity contribution in [1.29, 1.82) is 5.26 Å². The Hall–Kier alpha value is -6.19. The number of carbonyl (C=O) groups excluding carboxylic acids is 4. The van der Waals surface area contributed by atoms with Crippen LogP contribution >= 0.6 is 11.6 Å². The number of aromatic nitrogens is 5. The van der Waals surface area contributed by atoms with Gasteiger partial charge in [0.1, 0.15) is 29.5 Å². The van der Waals surface area contributed by atoms with E-state index in [4.69, 9.17) is 16.3 Å². The standard InChI is InChI=1S/C48H57ClN12O6/c1-47(2)44(48(3,4)45(47)67-34-7-5-31(25-50)36(49)24-34)54-40(63)32-26-51-46(52-27-32)60-21-19-57(20-22-60)28-29-11-15-59(16-12-29)42(65)30-13-17-58(18-14-30)33-6-8-37-35(23-33)43(66)61(56-55-37)38-9-10-39(62)53-41(38)64/h5-8,23-24,26-27,29-30,38,44-45H,9-22,28H2,1-4H3,(H,54,63)(H,53,62,64)/t38?,44-,45-. The molecule has 6 heterocycles. The monoisotopic (exact) mass is 932 g/mol. The van der Waals surface area contributed by atoms with E-state index in [1.807, 2.05) is 6.07 Å². The number of nitriles is 1. The zero-order valence-corrected chi connectivity index (χ0v) is 39.2. The molecule has 1 aliphatic carbocycles. The first-order valence-electron chi connectivity index (χ1n) is 23.3. The Labute approximate surface area is 394 Å². The second kappa shape index (κ2) is 18.5. The number of amides is 4. The second-order valence-corrected chi connectivity index (χ2v) is 20.3. The number of likely N-dealkylation sites (tertiary alicyclic amines) is 1. The Morgan fingerprint density at radius 2 is 1.58 bits per heavy atom. The van der Waals surface area contributed by atoms with Crippen LogP contribution in [0.2, 0.25) is 5.02 Å². The van der Waals surface area contributed by atoms with E-state index in [2.05, 4.69) is 84.3 Å². The fraction of sp³-hybridized carbons (Fsp3) is 0.542. The molecule has 0 bridgehead atoms. The van der Waals surface area contributed by atoms with E-state index in [1.165, 1.54) is 0 Å². The first-order valence-corrected chi connectivity index (χ1v) is 23.7. The molecule has 19 heteroatoms. The topological polar surface area (TPSA) is 212 Å². The molecule has 18 nitrogen and oxygen atoms in total. The fourth-order valence-corrected chi connectivity index (χ4v) is 11.5. The van der Waals surface area contributed by atoms with E-state index in [1.54, 1.807) is 42.7 Å². The molecule has 4 aliphatic heterocycles. The van der Waals surface area contributed by atoms with Crippen molar-refractivity contribution in [1.82, 2.24) is 45.4 Å². The Kier molecular flexibility index (Phi) is 12.7. The van der Waals surface area contributed by atoms with Crippen LogP contribution in [0, 0.1) is 34.0 Å². The number of nitrogens with zero attached hydrogens (tertiary/aromatic N) is 10. The molecule has 9 rings (SSSR count). The third kappa shape index (κ3) is 9.15. The number of halogens is 1. The lowest BCUT2D eigenvalue weighted by atomic mass is 9.49. The molecular formula is C48H57ClN12O6. The van der Waals surface area contributed by atoms with Gasteiger partial charge in [0.15, 0.2) is 0 Å². The molecular weight excluding hydrogens is 876 g/mol. The largest absolute Gasteiger partial charge is 0.489 e. The molecule has 5 aliphatic rings. The number of hydrogen-bond donors (Lipinski definition) is 2. The van der Waals surface area contributed by atoms with Crippen LogP contribution in [-0.4, -0.2) is 129 Å². The van der Waals surface area contributed by atoms with Crippen LogP contribution in [-0.2, 0) is 14.4 Å². The Morgan fingerprint density at radius 3 is 2.24 bits per heavy atom. The molecule has 4 aromatic rings. The van der Waals surface area contributed by atoms with Gasteiger partial charge in [0.05, 0.1) is 21.5 Å². The minimum absolute atomic E-state index is 0.0414. The predicted octanol–water partition coefficient (Wildman–Crippen LogP) is 3.97. The van der Waals surface area contributed by atoms with Crippen molar-refractivity contribution in [2.75, 3.05) is 68.7 Å². The number of ether oxygens (including phenoxy) is 1. The normalized spacial score (nSPS) is 23.6. The summed E-state index contributed by atoms with van der Waals surface area (Å²) in [5.41, 5.74) is 0.868. The van der Waals surface area contributed by atoms with Gasteiger partial charge in [-0.15, -0.1) is 5.10 Å². The lowest BCUT2D eigenvalue weighted by Crippen LogP contribution is -2.74. The van der Waals surface area contributed by atoms with Crippen LogP contribution in [0.25, 0.3) is 10.9 Å². The van der Waals surface area contributed by atoms with Gasteiger partial charge in [-0.3, -0.25) is 34.2 Å². The van der Waals surface area contributed by atoms with Crippen molar-refractivity contribution in [2.24, 2.45) is 22.7 Å². The number of benzene rings is 2. The van der Waals surface area contributed by atoms with Crippen LogP contribution in [0.1, 0.15) is 88.2 Å². The third-order valence-corrected chi connectivity index (χ3v) is 15.1. The zero-order chi connectivity index (χ0) is 47.2. The summed E-state index contributed by atoms with van der Waals surface area (Å²) >= 11 is 6.25. The van der Waals surface area contributed by atoms with Crippen molar-refractivity contribution in [3.8, 4) is 11.8 Å². The van der Waals surface area contributed by atoms with Crippen LogP contribution in [0.5, 0.6) is 5.75 Å². The number of nitrogens with one attached hydrogen (secondary N) is 2. The lowest BCUT2D eigenvalue weighted by molar-refractivity contribution is -0.164. The Balaban J connectivity index is 0.699. The number of piperidine rings is 3. The van der Waals surface area contributed by atoms with Gasteiger partial charge >= 0.3 is 0 Å². The fourth-order valence-electron chi connectivity index (χ4n) is 11.2. The van der Waals surface area contributed by atoms with Crippen LogP contribution in [0.3, 0.4) is 0 Å². The van der Waals surface area contributed by atoms with Gasteiger partial charge in [-0.05, 0) is 68.4 Å². The summed E-state index contributed by atoms with van der Waals surface area (Å²) in [6.07, 6.45) is 6.71. The van der Waals surface area contributed by atoms with Crippen LogP contribution < -0.4 is 30.7 Å². The number of anilines is 2. The number of rotatable bonds is 10. The zero-order valence-electron chi connectivity index (χ0n) is 38.4. The predicted molar refractivity (Wildman–Crippen MR) is 250 cm³/mol. The minimum Gasteiger partial charge on any atom is -0.489 e. The Bertz CT molecular complexity index is 2650. The first-order chi connectivity index (χ1) is 32.1. The van der Waals surface area contributed by atoms with E-state index in [9.17, 15) is 29.2 Å². The second-order valence-electron chi connectivity index (χ2n) is 19.9. The minimum atomic E-state index is -0.883. The van der Waals surface area contributed by atoms with Crippen molar-refractivity contribution in [3.05, 3.63) is 75.3 Å². The summed E-state index contributed by atoms with van der Waals surface area (Å²) < 4.78 is 7.45. The van der Waals surface area contributed by atoms with Crippen LogP contribution in [0.15, 0.2) is 53.6 Å². The van der Waals surface area contributed by atoms with E-state index in [-0.39, 0.29) is 48.6 Å². The van der Waals surface area contributed by atoms with Gasteiger partial charge in [-0.1, -0.05) is 44.5 Å². The molecule has 0 spiro atoms. The average Bonchev–Trinajstić information content (AvgIpc) is 3.33. The molecule has 2 aromatic heterocycles. The van der Waals surface area contributed by atoms with Crippen molar-refractivity contribution < 1.29 is 23.9 Å². The molecule has 1 unspecified atom stereocenters. The van der Waals surface area contributed by atoms with E-state index in [0.717, 1.165) is 81.9 Å². The highest BCUT2D eigenvalue weighted by atomic mass is 35.5.